The molecule has 3 aromatic carbocycles. The van der Waals surface area contributed by atoms with Gasteiger partial charge in [-0.05, 0) is 57.9 Å². The van der Waals surface area contributed by atoms with Gasteiger partial charge in [-0.15, -0.1) is 0 Å². The molecule has 0 saturated heterocycles. The molecule has 0 aromatic heterocycles. The van der Waals surface area contributed by atoms with Crippen LogP contribution in [0.5, 0.6) is 0 Å². The first-order valence-corrected chi connectivity index (χ1v) is 9.11. The Labute approximate surface area is 147 Å². The highest BCUT2D eigenvalue weighted by atomic mass is 79.9. The molecule has 1 heteroatoms. The minimum absolute atomic E-state index is 0.511. The quantitative estimate of drug-likeness (QED) is 0.462. The fourth-order valence-corrected chi connectivity index (χ4v) is 3.58. The average Bonchev–Trinajstić information content (AvgIpc) is 2.55. The van der Waals surface area contributed by atoms with Crippen molar-refractivity contribution in [3.05, 3.63) is 81.8 Å². The second kappa shape index (κ2) is 6.88. The molecule has 0 heterocycles. The number of rotatable bonds is 4. The van der Waals surface area contributed by atoms with E-state index in [2.05, 4.69) is 97.4 Å². The van der Waals surface area contributed by atoms with Crippen LogP contribution in [0.15, 0.2) is 65.1 Å². The zero-order chi connectivity index (χ0) is 16.4. The summed E-state index contributed by atoms with van der Waals surface area (Å²) >= 11 is 3.52. The highest BCUT2D eigenvalue weighted by Crippen LogP contribution is 2.30. The molecular formula is C22H23Br. The van der Waals surface area contributed by atoms with Gasteiger partial charge < -0.3 is 0 Å². The normalized spacial score (nSPS) is 12.7. The van der Waals surface area contributed by atoms with E-state index >= 15 is 0 Å². The molecule has 0 N–H and O–H groups in total. The first kappa shape index (κ1) is 16.3. The molecule has 0 bridgehead atoms. The van der Waals surface area contributed by atoms with Crippen LogP contribution in [-0.2, 0) is 6.42 Å². The van der Waals surface area contributed by atoms with Gasteiger partial charge in [-0.1, -0.05) is 85.2 Å². The second-order valence-electron chi connectivity index (χ2n) is 6.67. The fraction of sp³-hybridized carbons (Fsp3) is 0.273. The van der Waals surface area contributed by atoms with Gasteiger partial charge in [-0.2, -0.15) is 0 Å². The number of fused-ring (bicyclic) bond motifs is 1. The van der Waals surface area contributed by atoms with Crippen molar-refractivity contribution in [2.24, 2.45) is 0 Å². The summed E-state index contributed by atoms with van der Waals surface area (Å²) in [4.78, 5) is 0. The minimum atomic E-state index is 0.511. The van der Waals surface area contributed by atoms with Crippen LogP contribution >= 0.6 is 15.9 Å². The summed E-state index contributed by atoms with van der Waals surface area (Å²) in [6.07, 6.45) is 1.07. The standard InChI is InChI=1S/C22H23Br/c1-15(2)20-7-5-8-21-18(6-4-9-22(20)21)14-16(3)17-10-12-19(23)13-11-17/h4-13,15-16H,14H2,1-3H3/t16-/m0/s1. The van der Waals surface area contributed by atoms with Crippen molar-refractivity contribution in [2.45, 2.75) is 39.0 Å². The van der Waals surface area contributed by atoms with Gasteiger partial charge in [0.25, 0.3) is 0 Å². The SMILES string of the molecule is CC(C)c1cccc2c(C[C@H](C)c3ccc(Br)cc3)cccc12. The Kier molecular flexibility index (Phi) is 4.87. The second-order valence-corrected chi connectivity index (χ2v) is 7.59. The van der Waals surface area contributed by atoms with E-state index < -0.39 is 0 Å². The number of halogens is 1. The van der Waals surface area contributed by atoms with Crippen molar-refractivity contribution < 1.29 is 0 Å². The lowest BCUT2D eigenvalue weighted by Gasteiger charge is -2.16. The van der Waals surface area contributed by atoms with Crippen molar-refractivity contribution in [3.63, 3.8) is 0 Å². The Morgan fingerprint density at radius 1 is 0.783 bits per heavy atom. The zero-order valence-corrected chi connectivity index (χ0v) is 15.6. The Hall–Kier alpha value is -1.60. The Morgan fingerprint density at radius 3 is 2.13 bits per heavy atom. The van der Waals surface area contributed by atoms with E-state index in [9.17, 15) is 0 Å². The molecule has 3 aromatic rings. The molecule has 1 atom stereocenters. The zero-order valence-electron chi connectivity index (χ0n) is 14.0. The fourth-order valence-electron chi connectivity index (χ4n) is 3.32. The molecule has 118 valence electrons. The van der Waals surface area contributed by atoms with Gasteiger partial charge in [0.15, 0.2) is 0 Å². The van der Waals surface area contributed by atoms with Crippen LogP contribution in [0.2, 0.25) is 0 Å². The molecular weight excluding hydrogens is 344 g/mol. The van der Waals surface area contributed by atoms with Gasteiger partial charge in [0.2, 0.25) is 0 Å². The highest BCUT2D eigenvalue weighted by Gasteiger charge is 2.11. The summed E-state index contributed by atoms with van der Waals surface area (Å²) < 4.78 is 1.14. The maximum Gasteiger partial charge on any atom is 0.0175 e. The van der Waals surface area contributed by atoms with Gasteiger partial charge >= 0.3 is 0 Å². The van der Waals surface area contributed by atoms with E-state index in [1.807, 2.05) is 0 Å². The van der Waals surface area contributed by atoms with Gasteiger partial charge in [-0.3, -0.25) is 0 Å². The predicted octanol–water partition coefficient (Wildman–Crippen LogP) is 7.07. The first-order chi connectivity index (χ1) is 11.1. The number of hydrogen-bond acceptors (Lipinski definition) is 0. The smallest absolute Gasteiger partial charge is 0.0175 e. The van der Waals surface area contributed by atoms with Crippen molar-refractivity contribution in [3.8, 4) is 0 Å². The Morgan fingerprint density at radius 2 is 1.43 bits per heavy atom. The molecule has 0 unspecified atom stereocenters. The topological polar surface area (TPSA) is 0 Å². The van der Waals surface area contributed by atoms with E-state index in [-0.39, 0.29) is 0 Å². The lowest BCUT2D eigenvalue weighted by atomic mass is 9.88. The minimum Gasteiger partial charge on any atom is -0.0613 e. The molecule has 0 spiro atoms. The summed E-state index contributed by atoms with van der Waals surface area (Å²) in [5, 5.41) is 2.81. The predicted molar refractivity (Wildman–Crippen MR) is 104 cm³/mol. The number of hydrogen-bond donors (Lipinski definition) is 0. The van der Waals surface area contributed by atoms with Gasteiger partial charge in [-0.25, -0.2) is 0 Å². The third-order valence-electron chi connectivity index (χ3n) is 4.63. The molecule has 0 aliphatic carbocycles. The van der Waals surface area contributed by atoms with Gasteiger partial charge in [0, 0.05) is 4.47 Å². The molecule has 3 rings (SSSR count). The van der Waals surface area contributed by atoms with Gasteiger partial charge in [0.1, 0.15) is 0 Å². The third kappa shape index (κ3) is 3.50. The first-order valence-electron chi connectivity index (χ1n) is 8.32. The summed E-state index contributed by atoms with van der Waals surface area (Å²) in [6, 6.07) is 22.2. The van der Waals surface area contributed by atoms with Crippen LogP contribution in [0.3, 0.4) is 0 Å². The van der Waals surface area contributed by atoms with E-state index in [0.29, 0.717) is 11.8 Å². The van der Waals surface area contributed by atoms with Crippen LogP contribution in [-0.4, -0.2) is 0 Å². The summed E-state index contributed by atoms with van der Waals surface area (Å²) in [5.41, 5.74) is 4.28. The molecule has 0 amide bonds. The van der Waals surface area contributed by atoms with E-state index in [4.69, 9.17) is 0 Å². The van der Waals surface area contributed by atoms with Gasteiger partial charge in [0.05, 0.1) is 0 Å². The molecule has 0 aliphatic rings. The Balaban J connectivity index is 1.97. The van der Waals surface area contributed by atoms with Crippen molar-refractivity contribution in [2.75, 3.05) is 0 Å². The third-order valence-corrected chi connectivity index (χ3v) is 5.16. The molecule has 0 saturated carbocycles. The maximum absolute atomic E-state index is 3.52. The van der Waals surface area contributed by atoms with Crippen molar-refractivity contribution in [1.82, 2.24) is 0 Å². The van der Waals surface area contributed by atoms with Crippen LogP contribution in [0.25, 0.3) is 10.8 Å². The molecule has 23 heavy (non-hydrogen) atoms. The van der Waals surface area contributed by atoms with Crippen LogP contribution in [0.1, 0.15) is 49.3 Å². The summed E-state index contributed by atoms with van der Waals surface area (Å²) in [5.74, 6) is 1.06. The summed E-state index contributed by atoms with van der Waals surface area (Å²) in [7, 11) is 0. The lowest BCUT2D eigenvalue weighted by Crippen LogP contribution is -2.00. The van der Waals surface area contributed by atoms with E-state index in [0.717, 1.165) is 10.9 Å². The summed E-state index contributed by atoms with van der Waals surface area (Å²) in [6.45, 7) is 6.85. The molecule has 0 fully saturated rings. The average molecular weight is 367 g/mol. The van der Waals surface area contributed by atoms with E-state index in [1.54, 1.807) is 0 Å². The van der Waals surface area contributed by atoms with Crippen LogP contribution < -0.4 is 0 Å². The van der Waals surface area contributed by atoms with Crippen molar-refractivity contribution >= 4 is 26.7 Å². The van der Waals surface area contributed by atoms with Crippen LogP contribution in [0, 0.1) is 0 Å². The molecule has 0 nitrogen and oxygen atoms in total. The van der Waals surface area contributed by atoms with E-state index in [1.165, 1.54) is 27.5 Å². The highest BCUT2D eigenvalue weighted by molar-refractivity contribution is 9.10. The van der Waals surface area contributed by atoms with Crippen molar-refractivity contribution in [1.29, 1.82) is 0 Å². The van der Waals surface area contributed by atoms with Crippen LogP contribution in [0.4, 0.5) is 0 Å². The molecule has 0 aliphatic heterocycles. The lowest BCUT2D eigenvalue weighted by molar-refractivity contribution is 0.763. The Bertz CT molecular complexity index is 800. The number of benzene rings is 3. The molecule has 0 radical (unpaired) electrons. The maximum atomic E-state index is 3.52. The largest absolute Gasteiger partial charge is 0.0613 e. The monoisotopic (exact) mass is 366 g/mol.